The third-order valence-corrected chi connectivity index (χ3v) is 10.6. The van der Waals surface area contributed by atoms with Gasteiger partial charge in [-0.1, -0.05) is 13.8 Å². The molecule has 2 aromatic rings. The highest BCUT2D eigenvalue weighted by molar-refractivity contribution is 6.08. The molecule has 2 N–H and O–H groups in total. The van der Waals surface area contributed by atoms with Gasteiger partial charge in [-0.2, -0.15) is 4.73 Å². The Morgan fingerprint density at radius 3 is 2.59 bits per heavy atom. The molecule has 5 saturated heterocycles. The number of amides is 2. The van der Waals surface area contributed by atoms with Gasteiger partial charge in [0.25, 0.3) is 11.8 Å². The van der Waals surface area contributed by atoms with E-state index >= 15 is 0 Å². The van der Waals surface area contributed by atoms with E-state index in [0.717, 1.165) is 34.4 Å². The second-order valence-electron chi connectivity index (χ2n) is 13.7. The summed E-state index contributed by atoms with van der Waals surface area (Å²) in [5, 5.41) is 16.5. The number of hydrogen-bond donors (Lipinski definition) is 2. The zero-order chi connectivity index (χ0) is 26.1. The van der Waals surface area contributed by atoms with Crippen LogP contribution in [0.3, 0.4) is 0 Å². The Hall–Kier alpha value is -3.00. The lowest BCUT2D eigenvalue weighted by Crippen LogP contribution is -2.85. The zero-order valence-corrected chi connectivity index (χ0v) is 22.3. The van der Waals surface area contributed by atoms with Gasteiger partial charge in [0.15, 0.2) is 0 Å². The van der Waals surface area contributed by atoms with Crippen LogP contribution in [0.4, 0.5) is 0 Å². The Morgan fingerprint density at radius 1 is 1.08 bits per heavy atom. The molecule has 1 aromatic carbocycles. The molecule has 1 aliphatic carbocycles. The maximum Gasteiger partial charge on any atom is 0.251 e. The Morgan fingerprint density at radius 2 is 1.84 bits per heavy atom. The lowest BCUT2D eigenvalue weighted by molar-refractivity contribution is -0.207. The topological polar surface area (TPSA) is 87.0 Å². The highest BCUT2D eigenvalue weighted by atomic mass is 16.5. The van der Waals surface area contributed by atoms with E-state index in [0.29, 0.717) is 24.9 Å². The van der Waals surface area contributed by atoms with E-state index in [1.165, 1.54) is 4.73 Å². The minimum Gasteiger partial charge on any atom is -0.483 e. The van der Waals surface area contributed by atoms with Crippen molar-refractivity contribution < 1.29 is 19.5 Å². The molecule has 7 heterocycles. The van der Waals surface area contributed by atoms with Gasteiger partial charge in [0.2, 0.25) is 0 Å². The first-order valence-corrected chi connectivity index (χ1v) is 13.5. The normalized spacial score (nSPS) is 36.9. The van der Waals surface area contributed by atoms with Crippen molar-refractivity contribution in [3.05, 3.63) is 35.0 Å². The van der Waals surface area contributed by atoms with Crippen LogP contribution in [0.2, 0.25) is 0 Å². The maximum atomic E-state index is 14.6. The fourth-order valence-corrected chi connectivity index (χ4v) is 9.30. The Balaban J connectivity index is 1.48. The molecule has 5 fully saturated rings. The molecule has 0 saturated carbocycles. The Labute approximate surface area is 216 Å². The number of carbonyl (C=O) groups is 2. The monoisotopic (exact) mass is 502 g/mol. The summed E-state index contributed by atoms with van der Waals surface area (Å²) in [5.74, 6) is 0.753. The highest BCUT2D eigenvalue weighted by Crippen LogP contribution is 2.69. The number of benzene rings is 1. The average Bonchev–Trinajstić information content (AvgIpc) is 3.44. The summed E-state index contributed by atoms with van der Waals surface area (Å²) in [7, 11) is 0. The van der Waals surface area contributed by atoms with Crippen molar-refractivity contribution in [1.29, 1.82) is 0 Å². The van der Waals surface area contributed by atoms with Gasteiger partial charge in [0, 0.05) is 34.4 Å². The number of piperidine rings is 2. The summed E-state index contributed by atoms with van der Waals surface area (Å²) in [6, 6.07) is 3.56. The highest BCUT2D eigenvalue weighted by Gasteiger charge is 2.82. The number of rotatable bonds is 0. The van der Waals surface area contributed by atoms with Crippen LogP contribution in [-0.4, -0.2) is 60.4 Å². The number of nitrogens with zero attached hydrogens (tertiary/aromatic N) is 3. The van der Waals surface area contributed by atoms with Gasteiger partial charge in [-0.15, -0.1) is 0 Å². The molecular formula is C29H34N4O4. The van der Waals surface area contributed by atoms with Crippen LogP contribution >= 0.6 is 0 Å². The van der Waals surface area contributed by atoms with Gasteiger partial charge < -0.3 is 19.7 Å². The number of nitrogens with one attached hydrogen (secondary N) is 1. The van der Waals surface area contributed by atoms with Gasteiger partial charge in [-0.25, -0.2) is 0 Å². The summed E-state index contributed by atoms with van der Waals surface area (Å²) in [5.41, 5.74) is -0.230. The van der Waals surface area contributed by atoms with E-state index in [1.54, 1.807) is 0 Å². The third-order valence-electron chi connectivity index (χ3n) is 10.6. The molecule has 37 heavy (non-hydrogen) atoms. The van der Waals surface area contributed by atoms with Crippen LogP contribution in [0, 0.1) is 5.92 Å². The lowest BCUT2D eigenvalue weighted by Gasteiger charge is -2.67. The Bertz CT molecular complexity index is 1520. The molecule has 8 nitrogen and oxygen atoms in total. The molecule has 2 amide bonds. The predicted octanol–water partition coefficient (Wildman–Crippen LogP) is 3.70. The van der Waals surface area contributed by atoms with Crippen LogP contribution in [0.25, 0.3) is 17.0 Å². The van der Waals surface area contributed by atoms with Crippen LogP contribution in [0.15, 0.2) is 18.2 Å². The van der Waals surface area contributed by atoms with Crippen molar-refractivity contribution >= 4 is 28.8 Å². The number of piperazine rings is 1. The van der Waals surface area contributed by atoms with Crippen molar-refractivity contribution in [3.8, 4) is 5.75 Å². The van der Waals surface area contributed by atoms with Gasteiger partial charge in [0.1, 0.15) is 22.4 Å². The average molecular weight is 503 g/mol. The summed E-state index contributed by atoms with van der Waals surface area (Å²) >= 11 is 0. The van der Waals surface area contributed by atoms with Crippen molar-refractivity contribution in [2.45, 2.75) is 94.6 Å². The minimum absolute atomic E-state index is 0.0735. The van der Waals surface area contributed by atoms with E-state index in [4.69, 9.17) is 4.74 Å². The molecular weight excluding hydrogens is 468 g/mol. The zero-order valence-electron chi connectivity index (χ0n) is 22.3. The molecule has 6 aliphatic heterocycles. The molecule has 4 atom stereocenters. The quantitative estimate of drug-likeness (QED) is 0.537. The number of ether oxygens (including phenoxy) is 1. The van der Waals surface area contributed by atoms with Gasteiger partial charge >= 0.3 is 0 Å². The van der Waals surface area contributed by atoms with E-state index < -0.39 is 33.8 Å². The SMILES string of the molecule is CC1(C)C=Cc2c(ccc3c4c(n(O)c23)C(C)(C)[C@@H]2C[C@]35CCCN3C(=O)[C@]23[C@H]4NC(C)(C)N3C5=O)O1. The summed E-state index contributed by atoms with van der Waals surface area (Å²) in [6.07, 6.45) is 6.24. The molecule has 0 radical (unpaired) electrons. The smallest absolute Gasteiger partial charge is 0.251 e. The van der Waals surface area contributed by atoms with E-state index in [-0.39, 0.29) is 17.7 Å². The molecule has 194 valence electrons. The van der Waals surface area contributed by atoms with Gasteiger partial charge in [-0.05, 0) is 71.2 Å². The van der Waals surface area contributed by atoms with Crippen LogP contribution in [0.5, 0.6) is 5.75 Å². The van der Waals surface area contributed by atoms with Crippen molar-refractivity contribution in [2.75, 3.05) is 6.54 Å². The number of carbonyl (C=O) groups excluding carboxylic acids is 2. The van der Waals surface area contributed by atoms with Crippen LogP contribution in [0.1, 0.15) is 83.7 Å². The number of fused-ring (bicyclic) bond motifs is 6. The first kappa shape index (κ1) is 22.0. The fraction of sp³-hybridized carbons (Fsp3) is 0.586. The van der Waals surface area contributed by atoms with Gasteiger partial charge in [0.05, 0.1) is 22.9 Å². The fourth-order valence-electron chi connectivity index (χ4n) is 9.30. The van der Waals surface area contributed by atoms with Crippen LogP contribution in [-0.2, 0) is 15.0 Å². The molecule has 7 aliphatic rings. The molecule has 1 aromatic heterocycles. The first-order valence-electron chi connectivity index (χ1n) is 13.5. The van der Waals surface area contributed by atoms with Crippen molar-refractivity contribution in [1.82, 2.24) is 19.8 Å². The molecule has 9 rings (SSSR count). The minimum atomic E-state index is -1.03. The van der Waals surface area contributed by atoms with Crippen molar-refractivity contribution in [2.24, 2.45) is 5.92 Å². The third kappa shape index (κ3) is 2.06. The lowest BCUT2D eigenvalue weighted by atomic mass is 9.49. The standard InChI is InChI=1S/C29H34N4O4/c1-25(2)12-10-15-17(37-25)9-8-16-19-21-29-18(26(3,4)22(19)32(36)20(15)16)14-28(11-7-13-31(28)24(29)35)23(34)33(29)27(5,6)30-21/h8-10,12,18,21,30,36H,7,11,13-14H2,1-6H3/t18-,21-,28-,29+/m0/s1. The van der Waals surface area contributed by atoms with E-state index in [1.807, 2.05) is 61.8 Å². The summed E-state index contributed by atoms with van der Waals surface area (Å²) in [4.78, 5) is 32.8. The number of hydrogen-bond acceptors (Lipinski definition) is 5. The molecule has 0 unspecified atom stereocenters. The first-order chi connectivity index (χ1) is 17.3. The number of aromatic nitrogens is 1. The summed E-state index contributed by atoms with van der Waals surface area (Å²) < 4.78 is 7.60. The molecule has 2 bridgehead atoms. The van der Waals surface area contributed by atoms with E-state index in [9.17, 15) is 14.8 Å². The maximum absolute atomic E-state index is 14.6. The molecule has 2 spiro atoms. The predicted molar refractivity (Wildman–Crippen MR) is 137 cm³/mol. The van der Waals surface area contributed by atoms with Crippen molar-refractivity contribution in [3.63, 3.8) is 0 Å². The largest absolute Gasteiger partial charge is 0.483 e. The second-order valence-corrected chi connectivity index (χ2v) is 13.7. The van der Waals surface area contributed by atoms with Crippen LogP contribution < -0.4 is 10.1 Å². The van der Waals surface area contributed by atoms with E-state index in [2.05, 4.69) is 19.2 Å². The molecule has 8 heteroatoms. The Kier molecular flexibility index (Phi) is 3.48. The van der Waals surface area contributed by atoms with Gasteiger partial charge in [-0.3, -0.25) is 14.9 Å². The second kappa shape index (κ2) is 5.85. The summed E-state index contributed by atoms with van der Waals surface area (Å²) in [6.45, 7) is 13.0.